The Labute approximate surface area is 111 Å². The van der Waals surface area contributed by atoms with Crippen LogP contribution in [0.5, 0.6) is 0 Å². The van der Waals surface area contributed by atoms with Crippen LogP contribution in [0.2, 0.25) is 0 Å². The van der Waals surface area contributed by atoms with Crippen molar-refractivity contribution < 1.29 is 0 Å². The third-order valence-electron chi connectivity index (χ3n) is 3.43. The molecule has 2 aromatic carbocycles. The van der Waals surface area contributed by atoms with Crippen LogP contribution in [0.1, 0.15) is 30.9 Å². The Morgan fingerprint density at radius 3 is 1.94 bits per heavy atom. The molecule has 0 amide bonds. The Balaban J connectivity index is 1.71. The van der Waals surface area contributed by atoms with Gasteiger partial charge in [-0.2, -0.15) is 0 Å². The van der Waals surface area contributed by atoms with E-state index in [1.807, 2.05) is 0 Å². The van der Waals surface area contributed by atoms with Gasteiger partial charge in [-0.25, -0.2) is 0 Å². The van der Waals surface area contributed by atoms with Gasteiger partial charge in [-0.05, 0) is 36.3 Å². The minimum Gasteiger partial charge on any atom is -0.0622 e. The molecule has 0 nitrogen and oxygen atoms in total. The summed E-state index contributed by atoms with van der Waals surface area (Å²) < 4.78 is 0. The largest absolute Gasteiger partial charge is 0.0622 e. The Bertz CT molecular complexity index is 430. The highest BCUT2D eigenvalue weighted by Crippen LogP contribution is 2.15. The molecule has 0 radical (unpaired) electrons. The molecule has 0 spiro atoms. The van der Waals surface area contributed by atoms with Crippen LogP contribution >= 0.6 is 0 Å². The van der Waals surface area contributed by atoms with Crippen LogP contribution in [0.4, 0.5) is 0 Å². The van der Waals surface area contributed by atoms with Gasteiger partial charge in [-0.1, -0.05) is 74.0 Å². The zero-order valence-electron chi connectivity index (χ0n) is 11.2. The molecule has 0 saturated carbocycles. The summed E-state index contributed by atoms with van der Waals surface area (Å²) in [5, 5.41) is 0. The summed E-state index contributed by atoms with van der Waals surface area (Å²) in [6.07, 6.45) is 5.01. The predicted octanol–water partition coefficient (Wildman–Crippen LogP) is 4.89. The van der Waals surface area contributed by atoms with E-state index >= 15 is 0 Å². The summed E-state index contributed by atoms with van der Waals surface area (Å²) in [6.45, 7) is 2.36. The van der Waals surface area contributed by atoms with E-state index in [0.29, 0.717) is 0 Å². The molecule has 0 saturated heterocycles. The quantitative estimate of drug-likeness (QED) is 0.672. The summed E-state index contributed by atoms with van der Waals surface area (Å²) in [5.41, 5.74) is 2.93. The monoisotopic (exact) mass is 238 g/mol. The average Bonchev–Trinajstić information content (AvgIpc) is 2.41. The fourth-order valence-corrected chi connectivity index (χ4v) is 2.42. The third kappa shape index (κ3) is 4.37. The van der Waals surface area contributed by atoms with Gasteiger partial charge in [0.2, 0.25) is 0 Å². The molecular weight excluding hydrogens is 216 g/mol. The molecule has 2 aromatic rings. The van der Waals surface area contributed by atoms with Gasteiger partial charge < -0.3 is 0 Å². The third-order valence-corrected chi connectivity index (χ3v) is 3.43. The molecule has 0 fully saturated rings. The number of aryl methyl sites for hydroxylation is 1. The maximum Gasteiger partial charge on any atom is -0.0253 e. The highest BCUT2D eigenvalue weighted by atomic mass is 14.1. The number of hydrogen-bond donors (Lipinski definition) is 0. The van der Waals surface area contributed by atoms with Gasteiger partial charge in [0.1, 0.15) is 0 Å². The molecule has 2 rings (SSSR count). The van der Waals surface area contributed by atoms with E-state index in [9.17, 15) is 0 Å². The molecule has 94 valence electrons. The van der Waals surface area contributed by atoms with Crippen molar-refractivity contribution in [2.75, 3.05) is 0 Å². The summed E-state index contributed by atoms with van der Waals surface area (Å²) in [5.74, 6) is 0.774. The second-order valence-corrected chi connectivity index (χ2v) is 5.17. The van der Waals surface area contributed by atoms with E-state index in [1.54, 1.807) is 0 Å². The molecule has 0 heterocycles. The van der Waals surface area contributed by atoms with Gasteiger partial charge >= 0.3 is 0 Å². The second kappa shape index (κ2) is 7.00. The highest BCUT2D eigenvalue weighted by molar-refractivity contribution is 5.16. The van der Waals surface area contributed by atoms with E-state index in [1.165, 1.54) is 36.8 Å². The molecule has 1 atom stereocenters. The second-order valence-electron chi connectivity index (χ2n) is 5.17. The van der Waals surface area contributed by atoms with Crippen molar-refractivity contribution in [2.24, 2.45) is 5.92 Å². The summed E-state index contributed by atoms with van der Waals surface area (Å²) >= 11 is 0. The van der Waals surface area contributed by atoms with Crippen LogP contribution in [0, 0.1) is 5.92 Å². The van der Waals surface area contributed by atoms with E-state index in [2.05, 4.69) is 67.6 Å². The molecular formula is C18H22. The van der Waals surface area contributed by atoms with Gasteiger partial charge in [-0.3, -0.25) is 0 Å². The van der Waals surface area contributed by atoms with Crippen molar-refractivity contribution in [2.45, 2.75) is 32.6 Å². The van der Waals surface area contributed by atoms with Crippen molar-refractivity contribution in [3.8, 4) is 0 Å². The standard InChI is InChI=1S/C18H22/c1-16(15-18-12-6-3-7-13-18)9-8-14-17-10-4-2-5-11-17/h2-7,10-13,16H,8-9,14-15H2,1H3/t16-/m1/s1. The fourth-order valence-electron chi connectivity index (χ4n) is 2.42. The molecule has 18 heavy (non-hydrogen) atoms. The lowest BCUT2D eigenvalue weighted by Crippen LogP contribution is -2.00. The smallest absolute Gasteiger partial charge is 0.0253 e. The molecule has 0 aromatic heterocycles. The zero-order chi connectivity index (χ0) is 12.6. The van der Waals surface area contributed by atoms with Crippen LogP contribution in [-0.2, 0) is 12.8 Å². The lowest BCUT2D eigenvalue weighted by molar-refractivity contribution is 0.508. The minimum absolute atomic E-state index is 0.774. The zero-order valence-corrected chi connectivity index (χ0v) is 11.2. The minimum atomic E-state index is 0.774. The number of hydrogen-bond acceptors (Lipinski definition) is 0. The van der Waals surface area contributed by atoms with E-state index in [0.717, 1.165) is 5.92 Å². The van der Waals surface area contributed by atoms with E-state index < -0.39 is 0 Å². The van der Waals surface area contributed by atoms with Gasteiger partial charge in [0.05, 0.1) is 0 Å². The first kappa shape index (κ1) is 12.9. The van der Waals surface area contributed by atoms with Crippen molar-refractivity contribution in [3.05, 3.63) is 71.8 Å². The number of benzene rings is 2. The first-order valence-corrected chi connectivity index (χ1v) is 6.92. The van der Waals surface area contributed by atoms with E-state index in [-0.39, 0.29) is 0 Å². The van der Waals surface area contributed by atoms with E-state index in [4.69, 9.17) is 0 Å². The van der Waals surface area contributed by atoms with Gasteiger partial charge in [0, 0.05) is 0 Å². The molecule has 0 N–H and O–H groups in total. The Kier molecular flexibility index (Phi) is 5.01. The normalized spacial score (nSPS) is 12.3. The molecule has 0 unspecified atom stereocenters. The summed E-state index contributed by atoms with van der Waals surface area (Å²) in [6, 6.07) is 21.6. The first-order chi connectivity index (χ1) is 8.84. The maximum absolute atomic E-state index is 2.36. The van der Waals surface area contributed by atoms with Crippen LogP contribution in [0.25, 0.3) is 0 Å². The topological polar surface area (TPSA) is 0 Å². The van der Waals surface area contributed by atoms with Crippen LogP contribution < -0.4 is 0 Å². The van der Waals surface area contributed by atoms with Crippen LogP contribution in [0.15, 0.2) is 60.7 Å². The highest BCUT2D eigenvalue weighted by Gasteiger charge is 2.03. The summed E-state index contributed by atoms with van der Waals surface area (Å²) in [4.78, 5) is 0. The van der Waals surface area contributed by atoms with Crippen molar-refractivity contribution in [3.63, 3.8) is 0 Å². The molecule has 0 bridgehead atoms. The van der Waals surface area contributed by atoms with Gasteiger partial charge in [0.15, 0.2) is 0 Å². The van der Waals surface area contributed by atoms with Crippen molar-refractivity contribution >= 4 is 0 Å². The van der Waals surface area contributed by atoms with Crippen LogP contribution in [0.3, 0.4) is 0 Å². The lowest BCUT2D eigenvalue weighted by atomic mass is 9.95. The van der Waals surface area contributed by atoms with Crippen molar-refractivity contribution in [1.29, 1.82) is 0 Å². The summed E-state index contributed by atoms with van der Waals surface area (Å²) in [7, 11) is 0. The lowest BCUT2D eigenvalue weighted by Gasteiger charge is -2.11. The SMILES string of the molecule is C[C@H](CCCc1ccccc1)Cc1ccccc1. The molecule has 0 heteroatoms. The number of rotatable bonds is 6. The molecule has 0 aliphatic heterocycles. The first-order valence-electron chi connectivity index (χ1n) is 6.92. The molecule has 0 aliphatic rings. The Hall–Kier alpha value is -1.56. The average molecular weight is 238 g/mol. The predicted molar refractivity (Wildman–Crippen MR) is 78.7 cm³/mol. The fraction of sp³-hybridized carbons (Fsp3) is 0.333. The van der Waals surface area contributed by atoms with Crippen molar-refractivity contribution in [1.82, 2.24) is 0 Å². The maximum atomic E-state index is 2.36. The van der Waals surface area contributed by atoms with Crippen LogP contribution in [-0.4, -0.2) is 0 Å². The Morgan fingerprint density at radius 2 is 1.33 bits per heavy atom. The van der Waals surface area contributed by atoms with Gasteiger partial charge in [0.25, 0.3) is 0 Å². The van der Waals surface area contributed by atoms with Gasteiger partial charge in [-0.15, -0.1) is 0 Å². The Morgan fingerprint density at radius 1 is 0.778 bits per heavy atom. The molecule has 0 aliphatic carbocycles.